The molecule has 0 aliphatic rings. The minimum Gasteiger partial charge on any atom is -0.316 e. The van der Waals surface area contributed by atoms with Crippen molar-refractivity contribution < 1.29 is 13.2 Å². The molecule has 1 nitrogen and oxygen atoms in total. The van der Waals surface area contributed by atoms with Gasteiger partial charge in [0.25, 0.3) is 0 Å². The van der Waals surface area contributed by atoms with Crippen LogP contribution in [-0.4, -0.2) is 13.6 Å². The predicted octanol–water partition coefficient (Wildman–Crippen LogP) is 3.25. The molecule has 0 atom stereocenters. The van der Waals surface area contributed by atoms with Crippen molar-refractivity contribution in [1.29, 1.82) is 0 Å². The molecule has 0 bridgehead atoms. The zero-order chi connectivity index (χ0) is 12.2. The first-order valence-corrected chi connectivity index (χ1v) is 4.94. The number of hydrogen-bond acceptors (Lipinski definition) is 1. The predicted molar refractivity (Wildman–Crippen MR) is 59.1 cm³/mol. The van der Waals surface area contributed by atoms with E-state index in [0.29, 0.717) is 6.54 Å². The summed E-state index contributed by atoms with van der Waals surface area (Å²) in [6, 6.07) is 4.13. The molecule has 0 spiro atoms. The van der Waals surface area contributed by atoms with Crippen molar-refractivity contribution in [1.82, 2.24) is 5.32 Å². The van der Waals surface area contributed by atoms with E-state index in [-0.39, 0.29) is 5.56 Å². The Morgan fingerprint density at radius 3 is 2.50 bits per heavy atom. The second-order valence-corrected chi connectivity index (χ2v) is 3.53. The van der Waals surface area contributed by atoms with Gasteiger partial charge in [0, 0.05) is 6.54 Å². The number of likely N-dealkylation sites (N-methyl/N-ethyl adjacent to an activating group) is 1. The highest BCUT2D eigenvalue weighted by molar-refractivity contribution is 5.52. The van der Waals surface area contributed by atoms with E-state index in [9.17, 15) is 13.2 Å². The Balaban J connectivity index is 2.91. The van der Waals surface area contributed by atoms with Crippen LogP contribution < -0.4 is 5.32 Å². The Bertz CT molecular complexity index is 380. The van der Waals surface area contributed by atoms with Crippen LogP contribution in [0.25, 0.3) is 6.08 Å². The third-order valence-corrected chi connectivity index (χ3v) is 2.19. The quantitative estimate of drug-likeness (QED) is 0.839. The van der Waals surface area contributed by atoms with E-state index in [4.69, 9.17) is 0 Å². The summed E-state index contributed by atoms with van der Waals surface area (Å²) in [5.41, 5.74) is 0.457. The van der Waals surface area contributed by atoms with Gasteiger partial charge in [-0.15, -0.1) is 0 Å². The van der Waals surface area contributed by atoms with Gasteiger partial charge in [0.05, 0.1) is 5.56 Å². The Labute approximate surface area is 93.0 Å². The van der Waals surface area contributed by atoms with Crippen molar-refractivity contribution in [3.8, 4) is 0 Å². The largest absolute Gasteiger partial charge is 0.416 e. The first kappa shape index (κ1) is 12.8. The molecule has 4 heteroatoms. The highest BCUT2D eigenvalue weighted by Crippen LogP contribution is 2.32. The van der Waals surface area contributed by atoms with Crippen LogP contribution in [0.3, 0.4) is 0 Å². The SMILES string of the molecule is CNCC=Cc1ccc(C(F)(F)F)c(C)c1. The van der Waals surface area contributed by atoms with Crippen LogP contribution in [0.1, 0.15) is 16.7 Å². The molecular weight excluding hydrogens is 215 g/mol. The Morgan fingerprint density at radius 2 is 2.00 bits per heavy atom. The van der Waals surface area contributed by atoms with Gasteiger partial charge in [0.1, 0.15) is 0 Å². The van der Waals surface area contributed by atoms with Gasteiger partial charge >= 0.3 is 6.18 Å². The van der Waals surface area contributed by atoms with Crippen molar-refractivity contribution in [3.63, 3.8) is 0 Å². The highest BCUT2D eigenvalue weighted by atomic mass is 19.4. The Morgan fingerprint density at radius 1 is 1.31 bits per heavy atom. The molecule has 0 amide bonds. The topological polar surface area (TPSA) is 12.0 Å². The monoisotopic (exact) mass is 229 g/mol. The summed E-state index contributed by atoms with van der Waals surface area (Å²) in [5.74, 6) is 0. The highest BCUT2D eigenvalue weighted by Gasteiger charge is 2.31. The summed E-state index contributed by atoms with van der Waals surface area (Å²) in [6.45, 7) is 2.16. The zero-order valence-corrected chi connectivity index (χ0v) is 9.23. The van der Waals surface area contributed by atoms with Crippen LogP contribution >= 0.6 is 0 Å². The molecule has 0 radical (unpaired) electrons. The third-order valence-electron chi connectivity index (χ3n) is 2.19. The van der Waals surface area contributed by atoms with Crippen LogP contribution in [0.4, 0.5) is 13.2 Å². The molecule has 0 aliphatic heterocycles. The maximum absolute atomic E-state index is 12.5. The molecular formula is C12H14F3N. The minimum atomic E-state index is -4.27. The molecule has 16 heavy (non-hydrogen) atoms. The standard InChI is InChI=1S/C12H14F3N/c1-9-8-10(4-3-7-16-2)5-6-11(9)12(13,14)15/h3-6,8,16H,7H2,1-2H3. The maximum Gasteiger partial charge on any atom is 0.416 e. The van der Waals surface area contributed by atoms with Crippen molar-refractivity contribution in [2.75, 3.05) is 13.6 Å². The van der Waals surface area contributed by atoms with Gasteiger partial charge in [-0.1, -0.05) is 24.3 Å². The van der Waals surface area contributed by atoms with Gasteiger partial charge in [0.2, 0.25) is 0 Å². The van der Waals surface area contributed by atoms with E-state index in [1.165, 1.54) is 19.1 Å². The summed E-state index contributed by atoms with van der Waals surface area (Å²) in [6.07, 6.45) is -0.608. The Hall–Kier alpha value is -1.29. The van der Waals surface area contributed by atoms with Crippen molar-refractivity contribution in [3.05, 3.63) is 41.0 Å². The lowest BCUT2D eigenvalue weighted by Gasteiger charge is -2.10. The van der Waals surface area contributed by atoms with Crippen LogP contribution in [0.5, 0.6) is 0 Å². The summed E-state index contributed by atoms with van der Waals surface area (Å²) in [7, 11) is 1.81. The van der Waals surface area contributed by atoms with Crippen LogP contribution in [0, 0.1) is 6.92 Å². The van der Waals surface area contributed by atoms with E-state index in [1.807, 2.05) is 13.1 Å². The van der Waals surface area contributed by atoms with Crippen LogP contribution in [0.15, 0.2) is 24.3 Å². The summed E-state index contributed by atoms with van der Waals surface area (Å²) in [4.78, 5) is 0. The average molecular weight is 229 g/mol. The lowest BCUT2D eigenvalue weighted by Crippen LogP contribution is -2.07. The molecule has 0 aromatic heterocycles. The minimum absolute atomic E-state index is 0.249. The number of benzene rings is 1. The molecule has 88 valence electrons. The number of alkyl halides is 3. The number of rotatable bonds is 3. The first-order chi connectivity index (χ1) is 7.45. The molecule has 1 aromatic rings. The second kappa shape index (κ2) is 5.16. The fourth-order valence-electron chi connectivity index (χ4n) is 1.42. The van der Waals surface area contributed by atoms with Gasteiger partial charge in [-0.2, -0.15) is 13.2 Å². The van der Waals surface area contributed by atoms with E-state index < -0.39 is 11.7 Å². The fraction of sp³-hybridized carbons (Fsp3) is 0.333. The van der Waals surface area contributed by atoms with Gasteiger partial charge in [-0.3, -0.25) is 0 Å². The average Bonchev–Trinajstić information content (AvgIpc) is 2.16. The number of aryl methyl sites for hydroxylation is 1. The number of nitrogens with one attached hydrogen (secondary N) is 1. The van der Waals surface area contributed by atoms with E-state index in [1.54, 1.807) is 6.08 Å². The van der Waals surface area contributed by atoms with E-state index >= 15 is 0 Å². The summed E-state index contributed by atoms with van der Waals surface area (Å²) in [5, 5.41) is 2.92. The molecule has 0 aliphatic carbocycles. The molecule has 0 saturated carbocycles. The second-order valence-electron chi connectivity index (χ2n) is 3.53. The summed E-state index contributed by atoms with van der Waals surface area (Å²) < 4.78 is 37.4. The van der Waals surface area contributed by atoms with Crippen LogP contribution in [-0.2, 0) is 6.18 Å². The van der Waals surface area contributed by atoms with Gasteiger partial charge < -0.3 is 5.32 Å². The van der Waals surface area contributed by atoms with Crippen molar-refractivity contribution >= 4 is 6.08 Å². The zero-order valence-electron chi connectivity index (χ0n) is 9.23. The molecule has 0 heterocycles. The van der Waals surface area contributed by atoms with Gasteiger partial charge in [-0.25, -0.2) is 0 Å². The van der Waals surface area contributed by atoms with Gasteiger partial charge in [-0.05, 0) is 31.2 Å². The smallest absolute Gasteiger partial charge is 0.316 e. The molecule has 0 saturated heterocycles. The Kier molecular flexibility index (Phi) is 4.12. The van der Waals surface area contributed by atoms with Gasteiger partial charge in [0.15, 0.2) is 0 Å². The first-order valence-electron chi connectivity index (χ1n) is 4.94. The third kappa shape index (κ3) is 3.38. The van der Waals surface area contributed by atoms with Crippen molar-refractivity contribution in [2.24, 2.45) is 0 Å². The maximum atomic E-state index is 12.5. The van der Waals surface area contributed by atoms with E-state index in [0.717, 1.165) is 11.6 Å². The molecule has 1 rings (SSSR count). The molecule has 1 aromatic carbocycles. The molecule has 0 unspecified atom stereocenters. The number of halogens is 3. The van der Waals surface area contributed by atoms with Crippen molar-refractivity contribution in [2.45, 2.75) is 13.1 Å². The van der Waals surface area contributed by atoms with E-state index in [2.05, 4.69) is 5.32 Å². The summed E-state index contributed by atoms with van der Waals surface area (Å²) >= 11 is 0. The normalized spacial score (nSPS) is 12.3. The molecule has 1 N–H and O–H groups in total. The fourth-order valence-corrected chi connectivity index (χ4v) is 1.42. The lowest BCUT2D eigenvalue weighted by molar-refractivity contribution is -0.138. The lowest BCUT2D eigenvalue weighted by atomic mass is 10.0. The van der Waals surface area contributed by atoms with Crippen LogP contribution in [0.2, 0.25) is 0 Å². The molecule has 0 fully saturated rings. The number of hydrogen-bond donors (Lipinski definition) is 1.